The van der Waals surface area contributed by atoms with Gasteiger partial charge in [0.25, 0.3) is 5.91 Å². The number of piperidine rings is 1. The first-order chi connectivity index (χ1) is 10.6. The average Bonchev–Trinajstić information content (AvgIpc) is 2.53. The Morgan fingerprint density at radius 2 is 2.00 bits per heavy atom. The summed E-state index contributed by atoms with van der Waals surface area (Å²) in [4.78, 5) is 25.4. The molecule has 1 saturated heterocycles. The number of carbonyl (C=O) groups excluding carboxylic acids is 1. The van der Waals surface area contributed by atoms with Crippen LogP contribution in [0.4, 0.5) is 0 Å². The number of hydrogen-bond acceptors (Lipinski definition) is 3. The quantitative estimate of drug-likeness (QED) is 0.872. The van der Waals surface area contributed by atoms with Crippen LogP contribution in [-0.4, -0.2) is 40.7 Å². The summed E-state index contributed by atoms with van der Waals surface area (Å²) in [5, 5.41) is 8.86. The Morgan fingerprint density at radius 1 is 1.27 bits per heavy atom. The molecule has 0 aromatic heterocycles. The first kappa shape index (κ1) is 16.9. The minimum atomic E-state index is -0.792. The van der Waals surface area contributed by atoms with Gasteiger partial charge in [-0.3, -0.25) is 9.59 Å². The van der Waals surface area contributed by atoms with Crippen molar-refractivity contribution in [2.24, 2.45) is 0 Å². The number of aliphatic carboxylic acids is 1. The van der Waals surface area contributed by atoms with E-state index in [-0.39, 0.29) is 18.4 Å². The molecule has 0 radical (unpaired) electrons. The number of amides is 1. The van der Waals surface area contributed by atoms with Crippen molar-refractivity contribution in [3.05, 3.63) is 35.4 Å². The van der Waals surface area contributed by atoms with E-state index in [0.29, 0.717) is 12.0 Å². The fraction of sp³-hybridized carbons (Fsp3) is 0.529. The number of carboxylic acid groups (broad SMARTS) is 1. The smallest absolute Gasteiger partial charge is 0.303 e. The van der Waals surface area contributed by atoms with Gasteiger partial charge >= 0.3 is 5.97 Å². The molecule has 0 saturated carbocycles. The second-order valence-electron chi connectivity index (χ2n) is 5.71. The first-order valence-corrected chi connectivity index (χ1v) is 9.12. The predicted molar refractivity (Wildman–Crippen MR) is 89.2 cm³/mol. The molecular weight excluding hydrogens is 298 g/mol. The molecule has 0 aliphatic carbocycles. The molecule has 0 bridgehead atoms. The number of thioether (sulfide) groups is 1. The van der Waals surface area contributed by atoms with Crippen LogP contribution in [0, 0.1) is 0 Å². The van der Waals surface area contributed by atoms with Crippen LogP contribution in [0.3, 0.4) is 0 Å². The molecule has 1 aromatic carbocycles. The predicted octanol–water partition coefficient (Wildman–Crippen LogP) is 3.41. The zero-order valence-electron chi connectivity index (χ0n) is 13.0. The van der Waals surface area contributed by atoms with Gasteiger partial charge in [-0.25, -0.2) is 0 Å². The molecular formula is C17H23NO3S. The zero-order valence-corrected chi connectivity index (χ0v) is 13.8. The summed E-state index contributed by atoms with van der Waals surface area (Å²) in [6.45, 7) is 0.732. The summed E-state index contributed by atoms with van der Waals surface area (Å²) in [6, 6.07) is 7.83. The van der Waals surface area contributed by atoms with Crippen LogP contribution in [0.15, 0.2) is 24.3 Å². The molecule has 0 spiro atoms. The summed E-state index contributed by atoms with van der Waals surface area (Å²) in [5.74, 6) is 0.185. The number of carbonyl (C=O) groups is 2. The minimum Gasteiger partial charge on any atom is -0.481 e. The SMILES string of the molecule is CSCc1ccc(C(=O)N2CCCC[C@H]2CCC(=O)O)cc1. The Kier molecular flexibility index (Phi) is 6.31. The van der Waals surface area contributed by atoms with Gasteiger partial charge in [-0.15, -0.1) is 0 Å². The molecule has 1 aliphatic rings. The van der Waals surface area contributed by atoms with E-state index in [1.807, 2.05) is 29.2 Å². The highest BCUT2D eigenvalue weighted by Crippen LogP contribution is 2.23. The normalized spacial score (nSPS) is 18.2. The molecule has 1 aromatic rings. The van der Waals surface area contributed by atoms with Gasteiger partial charge in [0.05, 0.1) is 0 Å². The van der Waals surface area contributed by atoms with Crippen molar-refractivity contribution in [2.75, 3.05) is 12.8 Å². The third-order valence-electron chi connectivity index (χ3n) is 4.09. The number of benzene rings is 1. The topological polar surface area (TPSA) is 57.6 Å². The van der Waals surface area contributed by atoms with Gasteiger partial charge in [0.2, 0.25) is 0 Å². The molecule has 22 heavy (non-hydrogen) atoms. The highest BCUT2D eigenvalue weighted by Gasteiger charge is 2.27. The maximum atomic E-state index is 12.7. The third-order valence-corrected chi connectivity index (χ3v) is 4.71. The first-order valence-electron chi connectivity index (χ1n) is 7.72. The van der Waals surface area contributed by atoms with Gasteiger partial charge in [0, 0.05) is 30.3 Å². The van der Waals surface area contributed by atoms with E-state index in [1.165, 1.54) is 5.56 Å². The van der Waals surface area contributed by atoms with E-state index in [1.54, 1.807) is 11.8 Å². The van der Waals surface area contributed by atoms with Crippen molar-refractivity contribution < 1.29 is 14.7 Å². The second kappa shape index (κ2) is 8.22. The molecule has 1 N–H and O–H groups in total. The maximum absolute atomic E-state index is 12.7. The lowest BCUT2D eigenvalue weighted by atomic mass is 9.97. The Labute approximate surface area is 135 Å². The van der Waals surface area contributed by atoms with Crippen LogP contribution in [0.1, 0.15) is 48.0 Å². The lowest BCUT2D eigenvalue weighted by Gasteiger charge is -2.35. The molecule has 0 unspecified atom stereocenters. The van der Waals surface area contributed by atoms with Crippen molar-refractivity contribution in [3.8, 4) is 0 Å². The van der Waals surface area contributed by atoms with Gasteiger partial charge in [-0.1, -0.05) is 12.1 Å². The monoisotopic (exact) mass is 321 g/mol. The fourth-order valence-electron chi connectivity index (χ4n) is 2.93. The zero-order chi connectivity index (χ0) is 15.9. The summed E-state index contributed by atoms with van der Waals surface area (Å²) >= 11 is 1.76. The second-order valence-corrected chi connectivity index (χ2v) is 6.58. The molecule has 1 aliphatic heterocycles. The van der Waals surface area contributed by atoms with E-state index in [4.69, 9.17) is 5.11 Å². The molecule has 120 valence electrons. The van der Waals surface area contributed by atoms with E-state index in [2.05, 4.69) is 6.26 Å². The van der Waals surface area contributed by atoms with Gasteiger partial charge < -0.3 is 10.0 Å². The molecule has 1 amide bonds. The summed E-state index contributed by atoms with van der Waals surface area (Å²) in [7, 11) is 0. The Morgan fingerprint density at radius 3 is 2.64 bits per heavy atom. The average molecular weight is 321 g/mol. The molecule has 1 heterocycles. The van der Waals surface area contributed by atoms with Crippen molar-refractivity contribution >= 4 is 23.6 Å². The van der Waals surface area contributed by atoms with Crippen molar-refractivity contribution in [2.45, 2.75) is 43.9 Å². The van der Waals surface area contributed by atoms with Crippen molar-refractivity contribution in [1.82, 2.24) is 4.90 Å². The van der Waals surface area contributed by atoms with Crippen LogP contribution >= 0.6 is 11.8 Å². The third kappa shape index (κ3) is 4.50. The fourth-order valence-corrected chi connectivity index (χ4v) is 3.46. The lowest BCUT2D eigenvalue weighted by molar-refractivity contribution is -0.137. The Balaban J connectivity index is 2.05. The molecule has 1 atom stereocenters. The number of carboxylic acids is 1. The van der Waals surface area contributed by atoms with Gasteiger partial charge in [0.15, 0.2) is 0 Å². The molecule has 5 heteroatoms. The molecule has 2 rings (SSSR count). The van der Waals surface area contributed by atoms with E-state index >= 15 is 0 Å². The van der Waals surface area contributed by atoms with Gasteiger partial charge in [-0.05, 0) is 49.6 Å². The standard InChI is InChI=1S/C17H23NO3S/c1-22-12-13-5-7-14(8-6-13)17(21)18-11-3-2-4-15(18)9-10-16(19)20/h5-8,15H,2-4,9-12H2,1H3,(H,19,20)/t15-/m0/s1. The Bertz CT molecular complexity index is 515. The highest BCUT2D eigenvalue weighted by atomic mass is 32.2. The maximum Gasteiger partial charge on any atom is 0.303 e. The summed E-state index contributed by atoms with van der Waals surface area (Å²) < 4.78 is 0. The minimum absolute atomic E-state index is 0.0331. The van der Waals surface area contributed by atoms with E-state index in [9.17, 15) is 9.59 Å². The van der Waals surface area contributed by atoms with Crippen LogP contribution in [-0.2, 0) is 10.5 Å². The number of hydrogen-bond donors (Lipinski definition) is 1. The summed E-state index contributed by atoms with van der Waals surface area (Å²) in [5.41, 5.74) is 1.91. The number of rotatable bonds is 6. The van der Waals surface area contributed by atoms with E-state index < -0.39 is 5.97 Å². The van der Waals surface area contributed by atoms with Gasteiger partial charge in [0.1, 0.15) is 0 Å². The van der Waals surface area contributed by atoms with E-state index in [0.717, 1.165) is 31.6 Å². The van der Waals surface area contributed by atoms with Crippen molar-refractivity contribution in [1.29, 1.82) is 0 Å². The number of nitrogens with zero attached hydrogens (tertiary/aromatic N) is 1. The lowest BCUT2D eigenvalue weighted by Crippen LogP contribution is -2.43. The largest absolute Gasteiger partial charge is 0.481 e. The van der Waals surface area contributed by atoms with Crippen LogP contribution in [0.5, 0.6) is 0 Å². The highest BCUT2D eigenvalue weighted by molar-refractivity contribution is 7.97. The van der Waals surface area contributed by atoms with Crippen molar-refractivity contribution in [3.63, 3.8) is 0 Å². The molecule has 4 nitrogen and oxygen atoms in total. The van der Waals surface area contributed by atoms with Crippen LogP contribution in [0.25, 0.3) is 0 Å². The summed E-state index contributed by atoms with van der Waals surface area (Å²) in [6.07, 6.45) is 5.71. The Hall–Kier alpha value is -1.49. The number of likely N-dealkylation sites (tertiary alicyclic amines) is 1. The van der Waals surface area contributed by atoms with Crippen LogP contribution in [0.2, 0.25) is 0 Å². The van der Waals surface area contributed by atoms with Crippen LogP contribution < -0.4 is 0 Å². The van der Waals surface area contributed by atoms with Gasteiger partial charge in [-0.2, -0.15) is 11.8 Å². The molecule has 1 fully saturated rings.